The summed E-state index contributed by atoms with van der Waals surface area (Å²) in [6.07, 6.45) is 3.16. The maximum Gasteiger partial charge on any atom is 0.397 e. The van der Waals surface area contributed by atoms with Crippen LogP contribution in [0.1, 0.15) is 33.1 Å². The molecule has 20 heavy (non-hydrogen) atoms. The summed E-state index contributed by atoms with van der Waals surface area (Å²) in [6.45, 7) is 4.63. The van der Waals surface area contributed by atoms with E-state index in [1.807, 2.05) is 0 Å². The Morgan fingerprint density at radius 1 is 1.50 bits per heavy atom. The maximum absolute atomic E-state index is 13.2. The van der Waals surface area contributed by atoms with Crippen molar-refractivity contribution in [2.45, 2.75) is 38.4 Å². The van der Waals surface area contributed by atoms with Crippen LogP contribution < -0.4 is 10.6 Å². The van der Waals surface area contributed by atoms with Crippen molar-refractivity contribution in [2.24, 2.45) is 23.2 Å². The van der Waals surface area contributed by atoms with Gasteiger partial charge in [0.05, 0.1) is 0 Å². The van der Waals surface area contributed by atoms with Crippen LogP contribution in [0.25, 0.3) is 0 Å². The molecule has 0 radical (unpaired) electrons. The molecule has 0 aromatic carbocycles. The largest absolute Gasteiger partial charge is 0.691 e. The fraction of sp³-hybridized carbons (Fsp3) is 0.917. The van der Waals surface area contributed by atoms with Crippen LogP contribution >= 0.6 is 12.0 Å². The van der Waals surface area contributed by atoms with E-state index in [-0.39, 0.29) is 17.9 Å². The zero-order valence-electron chi connectivity index (χ0n) is 11.4. The second-order valence-electron chi connectivity index (χ2n) is 6.14. The standard InChI is InChI=1S/C12H19F2NO4S/c1-11(2)8-4-3-7(9(11)5-8)6-15-10(16)12(13,14)20-19-18-17/h7-9,17H,3-6H2,1-2H3,(H,15,16)/p-1. The van der Waals surface area contributed by atoms with Gasteiger partial charge in [-0.15, -0.1) is 0 Å². The van der Waals surface area contributed by atoms with E-state index in [1.54, 1.807) is 0 Å². The van der Waals surface area contributed by atoms with Gasteiger partial charge in [0, 0.05) is 6.54 Å². The lowest BCUT2D eigenvalue weighted by atomic mass is 9.45. The molecule has 3 rings (SSSR count). The zero-order valence-corrected chi connectivity index (χ0v) is 12.2. The van der Waals surface area contributed by atoms with Gasteiger partial charge in [0.1, 0.15) is 12.0 Å². The minimum absolute atomic E-state index is 0.230. The Balaban J connectivity index is 1.82. The molecule has 3 unspecified atom stereocenters. The zero-order chi connectivity index (χ0) is 15.0. The van der Waals surface area contributed by atoms with E-state index in [9.17, 15) is 18.8 Å². The van der Waals surface area contributed by atoms with Gasteiger partial charge in [0.25, 0.3) is 0 Å². The Kier molecular flexibility index (Phi) is 4.58. The topological polar surface area (TPSA) is 70.6 Å². The fourth-order valence-corrected chi connectivity index (χ4v) is 3.89. The van der Waals surface area contributed by atoms with E-state index in [4.69, 9.17) is 0 Å². The second kappa shape index (κ2) is 5.75. The van der Waals surface area contributed by atoms with Gasteiger partial charge < -0.3 is 10.6 Å². The van der Waals surface area contributed by atoms with Crippen LogP contribution in [0.3, 0.4) is 0 Å². The molecule has 116 valence electrons. The molecule has 3 atom stereocenters. The molecule has 0 spiro atoms. The third-order valence-corrected chi connectivity index (χ3v) is 5.48. The Labute approximate surface area is 120 Å². The third kappa shape index (κ3) is 2.93. The number of amides is 1. The molecule has 0 aliphatic heterocycles. The summed E-state index contributed by atoms with van der Waals surface area (Å²) in [4.78, 5) is 11.4. The van der Waals surface area contributed by atoms with Crippen molar-refractivity contribution >= 4 is 17.9 Å². The van der Waals surface area contributed by atoms with Gasteiger partial charge in [0.15, 0.2) is 0 Å². The Morgan fingerprint density at radius 2 is 2.20 bits per heavy atom. The number of alkyl halides is 2. The number of rotatable bonds is 6. The first-order valence-electron chi connectivity index (χ1n) is 6.59. The molecule has 3 fully saturated rings. The smallest absolute Gasteiger partial charge is 0.397 e. The highest BCUT2D eigenvalue weighted by Crippen LogP contribution is 2.61. The summed E-state index contributed by atoms with van der Waals surface area (Å²) in [5, 5.41) is 10.8. The van der Waals surface area contributed by atoms with Crippen LogP contribution in [0.15, 0.2) is 0 Å². The first-order chi connectivity index (χ1) is 9.29. The number of carbonyl (C=O) groups excluding carboxylic acids is 1. The molecule has 0 aromatic heterocycles. The normalized spacial score (nSPS) is 31.6. The highest BCUT2D eigenvalue weighted by molar-refractivity contribution is 7.96. The summed E-state index contributed by atoms with van der Waals surface area (Å²) >= 11 is -0.596. The second-order valence-corrected chi connectivity index (χ2v) is 6.96. The Hall–Kier alpha value is -0.440. The molecule has 0 saturated heterocycles. The van der Waals surface area contributed by atoms with Gasteiger partial charge in [-0.25, -0.2) is 0 Å². The van der Waals surface area contributed by atoms with Gasteiger partial charge in [-0.3, -0.25) is 9.83 Å². The van der Waals surface area contributed by atoms with Gasteiger partial charge in [-0.1, -0.05) is 13.8 Å². The number of nitrogens with one attached hydrogen (secondary N) is 1. The number of hydrogen-bond acceptors (Lipinski definition) is 5. The monoisotopic (exact) mass is 310 g/mol. The number of halogens is 2. The van der Waals surface area contributed by atoms with E-state index in [2.05, 4.69) is 28.5 Å². The summed E-state index contributed by atoms with van der Waals surface area (Å²) in [5.74, 6) is -0.0293. The number of fused-ring (bicyclic) bond motifs is 2. The molecule has 5 nitrogen and oxygen atoms in total. The lowest BCUT2D eigenvalue weighted by Gasteiger charge is -2.60. The Morgan fingerprint density at radius 3 is 2.75 bits per heavy atom. The molecule has 2 bridgehead atoms. The van der Waals surface area contributed by atoms with E-state index < -0.39 is 23.2 Å². The molecule has 1 amide bonds. The van der Waals surface area contributed by atoms with Crippen LogP contribution in [0, 0.1) is 23.2 Å². The van der Waals surface area contributed by atoms with Gasteiger partial charge in [-0.05, 0) is 42.4 Å². The van der Waals surface area contributed by atoms with E-state index in [0.29, 0.717) is 5.92 Å². The minimum atomic E-state index is -3.84. The maximum atomic E-state index is 13.2. The van der Waals surface area contributed by atoms with Crippen LogP contribution in [0.5, 0.6) is 0 Å². The van der Waals surface area contributed by atoms with Gasteiger partial charge in [0.2, 0.25) is 0 Å². The Bertz CT molecular complexity index is 378. The molecule has 0 heterocycles. The molecule has 3 aliphatic rings. The molecule has 8 heteroatoms. The highest BCUT2D eigenvalue weighted by atomic mass is 32.2. The van der Waals surface area contributed by atoms with Crippen molar-refractivity contribution in [3.05, 3.63) is 0 Å². The van der Waals surface area contributed by atoms with Crippen molar-refractivity contribution in [1.82, 2.24) is 5.32 Å². The van der Waals surface area contributed by atoms with E-state index in [0.717, 1.165) is 25.2 Å². The SMILES string of the molecule is CC1(C)C2CCC(CNC(=O)C(F)(F)SOO[O-])C1C2. The van der Waals surface area contributed by atoms with Crippen molar-refractivity contribution in [3.63, 3.8) is 0 Å². The lowest BCUT2D eigenvalue weighted by molar-refractivity contribution is -0.777. The molecule has 3 aliphatic carbocycles. The van der Waals surface area contributed by atoms with E-state index in [1.165, 1.54) is 0 Å². The lowest BCUT2D eigenvalue weighted by Crippen LogP contribution is -2.55. The predicted molar refractivity (Wildman–Crippen MR) is 65.8 cm³/mol. The van der Waals surface area contributed by atoms with Crippen molar-refractivity contribution in [3.8, 4) is 0 Å². The number of hydrogen-bond donors (Lipinski definition) is 1. The fourth-order valence-electron chi connectivity index (χ4n) is 3.63. The molecular weight excluding hydrogens is 292 g/mol. The van der Waals surface area contributed by atoms with Gasteiger partial charge >= 0.3 is 11.2 Å². The summed E-state index contributed by atoms with van der Waals surface area (Å²) in [7, 11) is 0. The van der Waals surface area contributed by atoms with Crippen LogP contribution in [0.2, 0.25) is 0 Å². The summed E-state index contributed by atoms with van der Waals surface area (Å²) < 4.78 is 30.0. The summed E-state index contributed by atoms with van der Waals surface area (Å²) in [6, 6.07) is 0. The summed E-state index contributed by atoms with van der Waals surface area (Å²) in [5.41, 5.74) is 0.240. The van der Waals surface area contributed by atoms with Gasteiger partial charge in [-0.2, -0.15) is 13.1 Å². The van der Waals surface area contributed by atoms with Crippen LogP contribution in [-0.2, 0) is 14.2 Å². The molecule has 0 aromatic rings. The third-order valence-electron chi connectivity index (χ3n) is 4.96. The minimum Gasteiger partial charge on any atom is -0.691 e. The van der Waals surface area contributed by atoms with Crippen LogP contribution in [-0.4, -0.2) is 17.7 Å². The van der Waals surface area contributed by atoms with Crippen molar-refractivity contribution in [2.75, 3.05) is 6.54 Å². The average molecular weight is 310 g/mol. The first kappa shape index (κ1) is 15.9. The van der Waals surface area contributed by atoms with Crippen LogP contribution in [0.4, 0.5) is 8.78 Å². The predicted octanol–water partition coefficient (Wildman–Crippen LogP) is 1.64. The van der Waals surface area contributed by atoms with Crippen molar-refractivity contribution < 1.29 is 28.2 Å². The highest BCUT2D eigenvalue weighted by Gasteiger charge is 2.54. The van der Waals surface area contributed by atoms with E-state index >= 15 is 0 Å². The number of carbonyl (C=O) groups is 1. The average Bonchev–Trinajstić information content (AvgIpc) is 2.42. The first-order valence-corrected chi connectivity index (χ1v) is 7.33. The van der Waals surface area contributed by atoms with Crippen molar-refractivity contribution in [1.29, 1.82) is 0 Å². The molecule has 3 saturated carbocycles. The molecular formula is C12H18F2NO4S-. The molecule has 1 N–H and O–H groups in total. The quantitative estimate of drug-likeness (QED) is 0.459.